The molecule has 2 amide bonds. The smallest absolute Gasteiger partial charge is 0.408 e. The lowest BCUT2D eigenvalue weighted by molar-refractivity contribution is -0.118. The first-order chi connectivity index (χ1) is 11.1. The number of rotatable bonds is 5. The minimum Gasteiger partial charge on any atom is -0.444 e. The molecular formula is C19H26N2O3. The summed E-state index contributed by atoms with van der Waals surface area (Å²) in [6, 6.07) is 6.27. The van der Waals surface area contributed by atoms with Crippen LogP contribution in [0.1, 0.15) is 46.6 Å². The molecule has 0 aliphatic rings. The summed E-state index contributed by atoms with van der Waals surface area (Å²) in [6.45, 7) is 9.29. The topological polar surface area (TPSA) is 67.4 Å². The summed E-state index contributed by atoms with van der Waals surface area (Å²) in [5.41, 5.74) is 0.742. The van der Waals surface area contributed by atoms with E-state index < -0.39 is 17.7 Å². The minimum atomic E-state index is -0.674. The maximum atomic E-state index is 12.5. The van der Waals surface area contributed by atoms with E-state index in [4.69, 9.17) is 11.2 Å². The van der Waals surface area contributed by atoms with E-state index in [-0.39, 0.29) is 11.8 Å². The second kappa shape index (κ2) is 8.39. The van der Waals surface area contributed by atoms with Crippen LogP contribution in [0.25, 0.3) is 0 Å². The zero-order valence-corrected chi connectivity index (χ0v) is 15.0. The first-order valence-corrected chi connectivity index (χ1v) is 7.98. The normalized spacial score (nSPS) is 12.2. The molecule has 0 unspecified atom stereocenters. The second-order valence-corrected chi connectivity index (χ2v) is 7.04. The summed E-state index contributed by atoms with van der Waals surface area (Å²) in [5, 5.41) is 5.43. The number of ether oxygens (including phenoxy) is 1. The van der Waals surface area contributed by atoms with Crippen LogP contribution in [0.4, 0.5) is 10.5 Å². The molecule has 24 heavy (non-hydrogen) atoms. The highest BCUT2D eigenvalue weighted by Crippen LogP contribution is 2.13. The van der Waals surface area contributed by atoms with Gasteiger partial charge in [-0.2, -0.15) is 0 Å². The van der Waals surface area contributed by atoms with Crippen LogP contribution in [0, 0.1) is 18.3 Å². The van der Waals surface area contributed by atoms with Crippen LogP contribution in [0.3, 0.4) is 0 Å². The van der Waals surface area contributed by atoms with Gasteiger partial charge in [0.1, 0.15) is 11.6 Å². The van der Waals surface area contributed by atoms with Crippen molar-refractivity contribution in [2.24, 2.45) is 5.92 Å². The monoisotopic (exact) mass is 330 g/mol. The summed E-state index contributed by atoms with van der Waals surface area (Å²) in [4.78, 5) is 24.4. The Labute approximate surface area is 144 Å². The molecule has 0 radical (unpaired) electrons. The third-order valence-corrected chi connectivity index (χ3v) is 3.03. The molecule has 1 aromatic carbocycles. The van der Waals surface area contributed by atoms with Gasteiger partial charge >= 0.3 is 6.09 Å². The van der Waals surface area contributed by atoms with Crippen molar-refractivity contribution in [1.82, 2.24) is 5.32 Å². The van der Waals surface area contributed by atoms with Gasteiger partial charge in [-0.1, -0.05) is 19.8 Å². The number of hydrogen-bond acceptors (Lipinski definition) is 3. The number of amides is 2. The van der Waals surface area contributed by atoms with E-state index in [9.17, 15) is 9.59 Å². The van der Waals surface area contributed by atoms with Gasteiger partial charge in [0.25, 0.3) is 0 Å². The standard InChI is InChI=1S/C19H26N2O3/c1-7-14-8-10-15(11-9-14)20-17(22)16(12-13(2)3)21-18(23)24-19(4,5)6/h1,8-11,13,16H,12H2,2-6H3,(H,20,22)(H,21,23)/t16-/m0/s1. The van der Waals surface area contributed by atoms with E-state index in [0.29, 0.717) is 12.1 Å². The Bertz CT molecular complexity index is 607. The van der Waals surface area contributed by atoms with Gasteiger partial charge in [0.15, 0.2) is 0 Å². The number of hydrogen-bond donors (Lipinski definition) is 2. The molecule has 0 fully saturated rings. The Hall–Kier alpha value is -2.48. The maximum absolute atomic E-state index is 12.5. The van der Waals surface area contributed by atoms with E-state index in [1.165, 1.54) is 0 Å². The lowest BCUT2D eigenvalue weighted by Crippen LogP contribution is -2.46. The number of carbonyl (C=O) groups excluding carboxylic acids is 2. The molecule has 0 spiro atoms. The molecule has 0 saturated carbocycles. The third-order valence-electron chi connectivity index (χ3n) is 3.03. The molecule has 0 saturated heterocycles. The molecule has 2 N–H and O–H groups in total. The molecule has 130 valence electrons. The van der Waals surface area contributed by atoms with Gasteiger partial charge in [-0.3, -0.25) is 4.79 Å². The Kier molecular flexibility index (Phi) is 6.84. The van der Waals surface area contributed by atoms with Gasteiger partial charge < -0.3 is 15.4 Å². The number of terminal acetylenes is 1. The molecule has 5 nitrogen and oxygen atoms in total. The highest BCUT2D eigenvalue weighted by atomic mass is 16.6. The van der Waals surface area contributed by atoms with Crippen molar-refractivity contribution in [1.29, 1.82) is 0 Å². The zero-order chi connectivity index (χ0) is 18.3. The Morgan fingerprint density at radius 1 is 1.21 bits per heavy atom. The average molecular weight is 330 g/mol. The Morgan fingerprint density at radius 3 is 2.25 bits per heavy atom. The van der Waals surface area contributed by atoms with Crippen LogP contribution >= 0.6 is 0 Å². The van der Waals surface area contributed by atoms with Crippen molar-refractivity contribution in [3.05, 3.63) is 29.8 Å². The molecule has 0 aliphatic heterocycles. The van der Waals surface area contributed by atoms with Crippen molar-refractivity contribution in [2.45, 2.75) is 52.7 Å². The summed E-state index contributed by atoms with van der Waals surface area (Å²) in [7, 11) is 0. The molecule has 0 bridgehead atoms. The molecular weight excluding hydrogens is 304 g/mol. The average Bonchev–Trinajstić information content (AvgIpc) is 2.44. The van der Waals surface area contributed by atoms with Crippen molar-refractivity contribution in [3.8, 4) is 12.3 Å². The van der Waals surface area contributed by atoms with Crippen LogP contribution < -0.4 is 10.6 Å². The maximum Gasteiger partial charge on any atom is 0.408 e. The van der Waals surface area contributed by atoms with Gasteiger partial charge in [-0.25, -0.2) is 4.79 Å². The van der Waals surface area contributed by atoms with E-state index >= 15 is 0 Å². The summed E-state index contributed by atoms with van der Waals surface area (Å²) in [5.74, 6) is 2.46. The van der Waals surface area contributed by atoms with Crippen LogP contribution in [-0.2, 0) is 9.53 Å². The van der Waals surface area contributed by atoms with Gasteiger partial charge in [-0.05, 0) is 57.4 Å². The van der Waals surface area contributed by atoms with E-state index in [1.807, 2.05) is 13.8 Å². The number of carbonyl (C=O) groups is 2. The zero-order valence-electron chi connectivity index (χ0n) is 15.0. The molecule has 0 heterocycles. The summed E-state index contributed by atoms with van der Waals surface area (Å²) < 4.78 is 5.23. The van der Waals surface area contributed by atoms with Gasteiger partial charge in [0, 0.05) is 11.3 Å². The number of benzene rings is 1. The molecule has 0 aromatic heterocycles. The minimum absolute atomic E-state index is 0.236. The molecule has 1 aromatic rings. The Balaban J connectivity index is 2.77. The molecule has 1 atom stereocenters. The van der Waals surface area contributed by atoms with Crippen molar-refractivity contribution >= 4 is 17.7 Å². The van der Waals surface area contributed by atoms with Gasteiger partial charge in [0.05, 0.1) is 0 Å². The predicted octanol–water partition coefficient (Wildman–Crippen LogP) is 3.55. The predicted molar refractivity (Wildman–Crippen MR) is 95.6 cm³/mol. The van der Waals surface area contributed by atoms with E-state index in [0.717, 1.165) is 5.56 Å². The van der Waals surface area contributed by atoms with Gasteiger partial charge in [0.2, 0.25) is 5.91 Å². The van der Waals surface area contributed by atoms with E-state index in [2.05, 4.69) is 16.6 Å². The van der Waals surface area contributed by atoms with Crippen LogP contribution in [0.5, 0.6) is 0 Å². The van der Waals surface area contributed by atoms with Crippen molar-refractivity contribution in [3.63, 3.8) is 0 Å². The van der Waals surface area contributed by atoms with Gasteiger partial charge in [-0.15, -0.1) is 6.42 Å². The highest BCUT2D eigenvalue weighted by molar-refractivity contribution is 5.96. The van der Waals surface area contributed by atoms with Crippen molar-refractivity contribution in [2.75, 3.05) is 5.32 Å². The second-order valence-electron chi connectivity index (χ2n) is 7.04. The van der Waals surface area contributed by atoms with Crippen LogP contribution in [0.15, 0.2) is 24.3 Å². The first-order valence-electron chi connectivity index (χ1n) is 7.98. The SMILES string of the molecule is C#Cc1ccc(NC(=O)[C@H](CC(C)C)NC(=O)OC(C)(C)C)cc1. The number of anilines is 1. The van der Waals surface area contributed by atoms with E-state index in [1.54, 1.807) is 45.0 Å². The largest absolute Gasteiger partial charge is 0.444 e. The molecule has 5 heteroatoms. The summed E-state index contributed by atoms with van der Waals surface area (Å²) in [6.07, 6.45) is 5.21. The number of nitrogens with one attached hydrogen (secondary N) is 2. The molecule has 1 rings (SSSR count). The van der Waals surface area contributed by atoms with Crippen LogP contribution in [-0.4, -0.2) is 23.6 Å². The lowest BCUT2D eigenvalue weighted by Gasteiger charge is -2.24. The lowest BCUT2D eigenvalue weighted by atomic mass is 10.0. The fourth-order valence-electron chi connectivity index (χ4n) is 2.03. The first kappa shape index (κ1) is 19.6. The number of alkyl carbamates (subject to hydrolysis) is 1. The highest BCUT2D eigenvalue weighted by Gasteiger charge is 2.25. The fraction of sp³-hybridized carbons (Fsp3) is 0.474. The summed E-state index contributed by atoms with van der Waals surface area (Å²) >= 11 is 0. The quantitative estimate of drug-likeness (QED) is 0.811. The molecule has 0 aliphatic carbocycles. The fourth-order valence-corrected chi connectivity index (χ4v) is 2.03. The Morgan fingerprint density at radius 2 is 1.79 bits per heavy atom. The third kappa shape index (κ3) is 7.19. The van der Waals surface area contributed by atoms with Crippen molar-refractivity contribution < 1.29 is 14.3 Å². The van der Waals surface area contributed by atoms with Crippen LogP contribution in [0.2, 0.25) is 0 Å².